The van der Waals surface area contributed by atoms with Crippen LogP contribution in [0.15, 0.2) is 41.4 Å². The van der Waals surface area contributed by atoms with Gasteiger partial charge in [-0.3, -0.25) is 9.59 Å². The Morgan fingerprint density at radius 1 is 1.31 bits per heavy atom. The van der Waals surface area contributed by atoms with Gasteiger partial charge in [0.15, 0.2) is 0 Å². The molecule has 1 saturated heterocycles. The van der Waals surface area contributed by atoms with Gasteiger partial charge >= 0.3 is 0 Å². The number of benzene rings is 1. The van der Waals surface area contributed by atoms with Crippen molar-refractivity contribution in [3.05, 3.63) is 52.1 Å². The fraction of sp³-hybridized carbons (Fsp3) is 0.381. The molecule has 0 spiro atoms. The third-order valence-corrected chi connectivity index (χ3v) is 6.72. The average Bonchev–Trinajstić information content (AvgIpc) is 2.72. The van der Waals surface area contributed by atoms with E-state index in [9.17, 15) is 9.59 Å². The van der Waals surface area contributed by atoms with Crippen molar-refractivity contribution in [3.8, 4) is 0 Å². The number of aromatic nitrogens is 1. The maximum absolute atomic E-state index is 13.0. The van der Waals surface area contributed by atoms with Gasteiger partial charge in [0.2, 0.25) is 11.8 Å². The van der Waals surface area contributed by atoms with Crippen LogP contribution in [0.2, 0.25) is 10.0 Å². The van der Waals surface area contributed by atoms with Crippen molar-refractivity contribution in [3.63, 3.8) is 0 Å². The fourth-order valence-corrected chi connectivity index (χ4v) is 4.79. The molecule has 2 atom stereocenters. The molecule has 1 aliphatic heterocycles. The summed E-state index contributed by atoms with van der Waals surface area (Å²) in [6.07, 6.45) is 3.20. The summed E-state index contributed by atoms with van der Waals surface area (Å²) >= 11 is 13.6. The number of aryl methyl sites for hydroxylation is 1. The molecule has 5 nitrogen and oxygen atoms in total. The highest BCUT2D eigenvalue weighted by Crippen LogP contribution is 2.33. The number of carbonyl (C=O) groups is 2. The molecule has 29 heavy (non-hydrogen) atoms. The summed E-state index contributed by atoms with van der Waals surface area (Å²) in [5.41, 5.74) is 0.910. The molecular formula is C21H23Cl2N3O2S. The smallest absolute Gasteiger partial charge is 0.235 e. The van der Waals surface area contributed by atoms with Crippen LogP contribution in [-0.4, -0.2) is 40.0 Å². The highest BCUT2D eigenvalue weighted by Gasteiger charge is 2.31. The highest BCUT2D eigenvalue weighted by molar-refractivity contribution is 8.00. The molecule has 8 heteroatoms. The summed E-state index contributed by atoms with van der Waals surface area (Å²) in [7, 11) is 0. The van der Waals surface area contributed by atoms with Crippen LogP contribution in [0.4, 0.5) is 5.82 Å². The Labute approximate surface area is 185 Å². The van der Waals surface area contributed by atoms with Crippen LogP contribution < -0.4 is 5.32 Å². The van der Waals surface area contributed by atoms with E-state index >= 15 is 0 Å². The Morgan fingerprint density at radius 3 is 2.86 bits per heavy atom. The lowest BCUT2D eigenvalue weighted by molar-refractivity contribution is -0.133. The minimum absolute atomic E-state index is 0.00226. The first-order chi connectivity index (χ1) is 13.8. The molecule has 2 amide bonds. The molecule has 1 aromatic heterocycles. The summed E-state index contributed by atoms with van der Waals surface area (Å²) in [6.45, 7) is 4.81. The molecule has 1 aliphatic rings. The summed E-state index contributed by atoms with van der Waals surface area (Å²) in [6, 6.07) is 8.94. The zero-order valence-electron chi connectivity index (χ0n) is 16.3. The van der Waals surface area contributed by atoms with Crippen molar-refractivity contribution in [2.45, 2.75) is 36.8 Å². The molecule has 0 bridgehead atoms. The number of likely N-dealkylation sites (tertiary alicyclic amines) is 1. The lowest BCUT2D eigenvalue weighted by Crippen LogP contribution is -2.46. The van der Waals surface area contributed by atoms with E-state index in [1.807, 2.05) is 26.0 Å². The van der Waals surface area contributed by atoms with Crippen molar-refractivity contribution in [2.75, 3.05) is 18.4 Å². The monoisotopic (exact) mass is 451 g/mol. The first kappa shape index (κ1) is 21.9. The number of anilines is 1. The standard InChI is InChI=1S/C21H23Cl2N3O2S/c1-13-5-3-9-24-19(13)25-20(27)15-6-4-10-26(12-15)21(28)14(2)29-18-11-16(22)7-8-17(18)23/h3,5,7-9,11,14-15H,4,6,10,12H2,1-2H3,(H,24,25,27). The predicted molar refractivity (Wildman–Crippen MR) is 119 cm³/mol. The Bertz CT molecular complexity index is 909. The lowest BCUT2D eigenvalue weighted by Gasteiger charge is -2.33. The van der Waals surface area contributed by atoms with E-state index in [2.05, 4.69) is 10.3 Å². The topological polar surface area (TPSA) is 62.3 Å². The number of hydrogen-bond donors (Lipinski definition) is 1. The van der Waals surface area contributed by atoms with Crippen LogP contribution in [0.5, 0.6) is 0 Å². The van der Waals surface area contributed by atoms with Gasteiger partial charge in [-0.25, -0.2) is 4.98 Å². The fourth-order valence-electron chi connectivity index (χ4n) is 3.29. The maximum atomic E-state index is 13.0. The Morgan fingerprint density at radius 2 is 2.10 bits per heavy atom. The van der Waals surface area contributed by atoms with Crippen molar-refractivity contribution in [1.82, 2.24) is 9.88 Å². The van der Waals surface area contributed by atoms with Crippen LogP contribution in [0, 0.1) is 12.8 Å². The van der Waals surface area contributed by atoms with Crippen LogP contribution >= 0.6 is 35.0 Å². The van der Waals surface area contributed by atoms with Crippen molar-refractivity contribution < 1.29 is 9.59 Å². The first-order valence-corrected chi connectivity index (χ1v) is 11.1. The number of nitrogens with zero attached hydrogens (tertiary/aromatic N) is 2. The summed E-state index contributed by atoms with van der Waals surface area (Å²) in [4.78, 5) is 32.4. The number of rotatable bonds is 5. The van der Waals surface area contributed by atoms with Gasteiger partial charge < -0.3 is 10.2 Å². The molecule has 2 unspecified atom stereocenters. The van der Waals surface area contributed by atoms with Crippen molar-refractivity contribution in [1.29, 1.82) is 0 Å². The zero-order valence-corrected chi connectivity index (χ0v) is 18.7. The second kappa shape index (κ2) is 9.83. The number of nitrogens with one attached hydrogen (secondary N) is 1. The molecule has 0 saturated carbocycles. The van der Waals surface area contributed by atoms with Gasteiger partial charge in [-0.1, -0.05) is 29.3 Å². The Hall–Kier alpha value is -1.76. The van der Waals surface area contributed by atoms with Gasteiger partial charge in [0.1, 0.15) is 5.82 Å². The molecule has 2 aromatic rings. The van der Waals surface area contributed by atoms with Crippen LogP contribution in [0.25, 0.3) is 0 Å². The number of pyridine rings is 1. The van der Waals surface area contributed by atoms with E-state index < -0.39 is 0 Å². The minimum Gasteiger partial charge on any atom is -0.341 e. The lowest BCUT2D eigenvalue weighted by atomic mass is 9.97. The number of thioether (sulfide) groups is 1. The van der Waals surface area contributed by atoms with E-state index in [0.717, 1.165) is 23.3 Å². The van der Waals surface area contributed by atoms with Gasteiger partial charge in [-0.15, -0.1) is 11.8 Å². The highest BCUT2D eigenvalue weighted by atomic mass is 35.5. The van der Waals surface area contributed by atoms with Crippen LogP contribution in [-0.2, 0) is 9.59 Å². The summed E-state index contributed by atoms with van der Waals surface area (Å²) < 4.78 is 0. The Kier molecular flexibility index (Phi) is 7.44. The van der Waals surface area contributed by atoms with Gasteiger partial charge in [0.05, 0.1) is 16.2 Å². The number of amides is 2. The van der Waals surface area contributed by atoms with Gasteiger partial charge in [-0.05, 0) is 56.5 Å². The first-order valence-electron chi connectivity index (χ1n) is 9.48. The molecule has 1 fully saturated rings. The molecule has 1 aromatic carbocycles. The molecule has 154 valence electrons. The molecule has 2 heterocycles. The maximum Gasteiger partial charge on any atom is 0.235 e. The predicted octanol–water partition coefficient (Wildman–Crippen LogP) is 5.05. The second-order valence-corrected chi connectivity index (χ2v) is 9.34. The number of hydrogen-bond acceptors (Lipinski definition) is 4. The summed E-state index contributed by atoms with van der Waals surface area (Å²) in [5.74, 6) is 0.224. The molecule has 0 aliphatic carbocycles. The quantitative estimate of drug-likeness (QED) is 0.645. The third kappa shape index (κ3) is 5.65. The van der Waals surface area contributed by atoms with Gasteiger partial charge in [-0.2, -0.15) is 0 Å². The zero-order chi connectivity index (χ0) is 21.0. The van der Waals surface area contributed by atoms with Gasteiger partial charge in [0.25, 0.3) is 0 Å². The van der Waals surface area contributed by atoms with E-state index in [4.69, 9.17) is 23.2 Å². The number of carbonyl (C=O) groups excluding carboxylic acids is 2. The van der Waals surface area contributed by atoms with Crippen molar-refractivity contribution >= 4 is 52.6 Å². The van der Waals surface area contributed by atoms with E-state index in [0.29, 0.717) is 29.0 Å². The SMILES string of the molecule is Cc1cccnc1NC(=O)C1CCCN(C(=O)C(C)Sc2cc(Cl)ccc2Cl)C1. The van der Waals surface area contributed by atoms with Crippen molar-refractivity contribution in [2.24, 2.45) is 5.92 Å². The second-order valence-electron chi connectivity index (χ2n) is 7.12. The molecule has 3 rings (SSSR count). The largest absolute Gasteiger partial charge is 0.341 e. The van der Waals surface area contributed by atoms with E-state index in [-0.39, 0.29) is 23.0 Å². The molecule has 0 radical (unpaired) electrons. The number of halogens is 2. The normalized spacial score (nSPS) is 17.7. The van der Waals surface area contributed by atoms with Crippen LogP contribution in [0.3, 0.4) is 0 Å². The van der Waals surface area contributed by atoms with E-state index in [1.54, 1.807) is 29.3 Å². The summed E-state index contributed by atoms with van der Waals surface area (Å²) in [5, 5.41) is 3.72. The number of piperidine rings is 1. The molecule has 1 N–H and O–H groups in total. The average molecular weight is 452 g/mol. The molecular weight excluding hydrogens is 429 g/mol. The van der Waals surface area contributed by atoms with Gasteiger partial charge in [0, 0.05) is 29.2 Å². The van der Waals surface area contributed by atoms with Crippen LogP contribution in [0.1, 0.15) is 25.3 Å². The third-order valence-electron chi connectivity index (χ3n) is 4.90. The van der Waals surface area contributed by atoms with E-state index in [1.165, 1.54) is 11.8 Å². The Balaban J connectivity index is 1.62. The minimum atomic E-state index is -0.328.